The lowest BCUT2D eigenvalue weighted by molar-refractivity contribution is 0.251. The molecule has 0 unspecified atom stereocenters. The molecule has 5 N–H and O–H groups in total. The lowest BCUT2D eigenvalue weighted by atomic mass is 10.2. The van der Waals surface area contributed by atoms with E-state index in [-0.39, 0.29) is 17.9 Å². The molecule has 18 heavy (non-hydrogen) atoms. The Morgan fingerprint density at radius 2 is 2.22 bits per heavy atom. The number of benzene rings is 1. The molecule has 96 valence electrons. The fourth-order valence-electron chi connectivity index (χ4n) is 1.41. The van der Waals surface area contributed by atoms with Crippen LogP contribution in [0.4, 0.5) is 10.5 Å². The van der Waals surface area contributed by atoms with Gasteiger partial charge in [-0.05, 0) is 31.0 Å². The van der Waals surface area contributed by atoms with Gasteiger partial charge >= 0.3 is 6.03 Å². The van der Waals surface area contributed by atoms with Gasteiger partial charge in [-0.1, -0.05) is 16.8 Å². The number of amidine groups is 1. The third-order valence-electron chi connectivity index (χ3n) is 2.53. The molecular weight excluding hydrogens is 256 g/mol. The molecule has 0 heterocycles. The first-order valence-corrected chi connectivity index (χ1v) is 5.83. The molecule has 6 nitrogen and oxygen atoms in total. The second kappa shape index (κ2) is 5.14. The van der Waals surface area contributed by atoms with E-state index in [0.29, 0.717) is 16.3 Å². The molecule has 7 heteroatoms. The summed E-state index contributed by atoms with van der Waals surface area (Å²) in [4.78, 5) is 11.5. The average molecular weight is 269 g/mol. The van der Waals surface area contributed by atoms with Gasteiger partial charge in [0.05, 0.1) is 10.7 Å². The Morgan fingerprint density at radius 1 is 1.50 bits per heavy atom. The summed E-state index contributed by atoms with van der Waals surface area (Å²) in [5.41, 5.74) is 6.39. The number of nitrogens with one attached hydrogen (secondary N) is 2. The van der Waals surface area contributed by atoms with E-state index in [2.05, 4.69) is 15.8 Å². The van der Waals surface area contributed by atoms with Crippen LogP contribution in [0.3, 0.4) is 0 Å². The second-order valence-corrected chi connectivity index (χ2v) is 4.46. The van der Waals surface area contributed by atoms with E-state index < -0.39 is 0 Å². The van der Waals surface area contributed by atoms with Gasteiger partial charge in [0.1, 0.15) is 0 Å². The van der Waals surface area contributed by atoms with Crippen molar-refractivity contribution in [2.24, 2.45) is 10.9 Å². The van der Waals surface area contributed by atoms with Gasteiger partial charge in [0, 0.05) is 11.6 Å². The van der Waals surface area contributed by atoms with Crippen molar-refractivity contribution in [2.45, 2.75) is 18.9 Å². The molecule has 1 aliphatic rings. The summed E-state index contributed by atoms with van der Waals surface area (Å²) in [5.74, 6) is -0.0362. The van der Waals surface area contributed by atoms with Crippen molar-refractivity contribution in [1.29, 1.82) is 0 Å². The monoisotopic (exact) mass is 268 g/mol. The number of hydrogen-bond donors (Lipinski definition) is 4. The fourth-order valence-corrected chi connectivity index (χ4v) is 1.63. The Bertz CT molecular complexity index is 500. The maximum atomic E-state index is 11.5. The van der Waals surface area contributed by atoms with Crippen molar-refractivity contribution in [3.05, 3.63) is 28.8 Å². The summed E-state index contributed by atoms with van der Waals surface area (Å²) in [7, 11) is 0. The zero-order chi connectivity index (χ0) is 13.1. The first-order valence-electron chi connectivity index (χ1n) is 5.45. The van der Waals surface area contributed by atoms with Crippen molar-refractivity contribution >= 4 is 29.2 Å². The van der Waals surface area contributed by atoms with E-state index in [9.17, 15) is 4.79 Å². The minimum atomic E-state index is -0.282. The number of amides is 2. The van der Waals surface area contributed by atoms with Crippen LogP contribution in [0, 0.1) is 0 Å². The van der Waals surface area contributed by atoms with E-state index in [1.54, 1.807) is 12.1 Å². The topological polar surface area (TPSA) is 99.7 Å². The van der Waals surface area contributed by atoms with E-state index >= 15 is 0 Å². The molecule has 0 radical (unpaired) electrons. The Kier molecular flexibility index (Phi) is 3.57. The number of oxime groups is 1. The number of nitrogens with zero attached hydrogens (tertiary/aromatic N) is 1. The van der Waals surface area contributed by atoms with Gasteiger partial charge in [0.2, 0.25) is 0 Å². The predicted octanol–water partition coefficient (Wildman–Crippen LogP) is 1.72. The second-order valence-electron chi connectivity index (χ2n) is 4.05. The van der Waals surface area contributed by atoms with Crippen LogP contribution < -0.4 is 16.4 Å². The average Bonchev–Trinajstić information content (AvgIpc) is 3.14. The zero-order valence-electron chi connectivity index (χ0n) is 9.48. The lowest BCUT2D eigenvalue weighted by Crippen LogP contribution is -2.30. The van der Waals surface area contributed by atoms with Crippen LogP contribution in [0.1, 0.15) is 18.4 Å². The maximum absolute atomic E-state index is 11.5. The van der Waals surface area contributed by atoms with Crippen LogP contribution in [-0.4, -0.2) is 23.1 Å². The summed E-state index contributed by atoms with van der Waals surface area (Å²) in [5, 5.41) is 17.2. The summed E-state index contributed by atoms with van der Waals surface area (Å²) < 4.78 is 0. The molecule has 0 aliphatic heterocycles. The van der Waals surface area contributed by atoms with E-state index in [1.807, 2.05) is 0 Å². The Morgan fingerprint density at radius 3 is 2.78 bits per heavy atom. The minimum absolute atomic E-state index is 0.0362. The van der Waals surface area contributed by atoms with Gasteiger partial charge in [-0.25, -0.2) is 4.79 Å². The number of nitrogens with two attached hydrogens (primary N) is 1. The van der Waals surface area contributed by atoms with Crippen LogP contribution >= 0.6 is 11.6 Å². The predicted molar refractivity (Wildman–Crippen MR) is 69.1 cm³/mol. The summed E-state index contributed by atoms with van der Waals surface area (Å²) in [6, 6.07) is 4.72. The number of carbonyl (C=O) groups excluding carboxylic acids is 1. The summed E-state index contributed by atoms with van der Waals surface area (Å²) in [6.07, 6.45) is 2.03. The minimum Gasteiger partial charge on any atom is -0.409 e. The zero-order valence-corrected chi connectivity index (χ0v) is 10.2. The third-order valence-corrected chi connectivity index (χ3v) is 2.85. The SMILES string of the molecule is N/C(=N/O)c1ccc(NC(=O)NC2CC2)c(Cl)c1. The Hall–Kier alpha value is -1.95. The van der Waals surface area contributed by atoms with Gasteiger partial charge in [-0.3, -0.25) is 0 Å². The first kappa shape index (κ1) is 12.5. The fraction of sp³-hybridized carbons (Fsp3) is 0.273. The maximum Gasteiger partial charge on any atom is 0.319 e. The van der Waals surface area contributed by atoms with Crippen LogP contribution in [0.5, 0.6) is 0 Å². The van der Waals surface area contributed by atoms with Crippen molar-refractivity contribution in [3.63, 3.8) is 0 Å². The highest BCUT2D eigenvalue weighted by Crippen LogP contribution is 2.24. The molecular formula is C11H13ClN4O2. The van der Waals surface area contributed by atoms with Crippen LogP contribution in [0.15, 0.2) is 23.4 Å². The number of carbonyl (C=O) groups is 1. The normalized spacial score (nSPS) is 15.3. The molecule has 1 aliphatic carbocycles. The first-order chi connectivity index (χ1) is 8.60. The van der Waals surface area contributed by atoms with Crippen LogP contribution in [0.25, 0.3) is 0 Å². The molecule has 0 aromatic heterocycles. The van der Waals surface area contributed by atoms with Gasteiger partial charge in [-0.15, -0.1) is 0 Å². The van der Waals surface area contributed by atoms with Gasteiger partial charge in [-0.2, -0.15) is 0 Å². The van der Waals surface area contributed by atoms with Crippen molar-refractivity contribution in [2.75, 3.05) is 5.32 Å². The van der Waals surface area contributed by atoms with Gasteiger partial charge in [0.25, 0.3) is 0 Å². The summed E-state index contributed by atoms with van der Waals surface area (Å²) >= 11 is 5.99. The molecule has 0 saturated heterocycles. The highest BCUT2D eigenvalue weighted by Gasteiger charge is 2.23. The largest absolute Gasteiger partial charge is 0.409 e. The van der Waals surface area contributed by atoms with Gasteiger partial charge in [0.15, 0.2) is 5.84 Å². The Labute approximate surface area is 109 Å². The summed E-state index contributed by atoms with van der Waals surface area (Å²) in [6.45, 7) is 0. The molecule has 2 amide bonds. The highest BCUT2D eigenvalue weighted by atomic mass is 35.5. The van der Waals surface area contributed by atoms with E-state index in [0.717, 1.165) is 12.8 Å². The molecule has 1 aromatic carbocycles. The number of halogens is 1. The quantitative estimate of drug-likeness (QED) is 0.291. The molecule has 1 saturated carbocycles. The molecule has 0 spiro atoms. The molecule has 1 fully saturated rings. The molecule has 1 aromatic rings. The molecule has 0 atom stereocenters. The lowest BCUT2D eigenvalue weighted by Gasteiger charge is -2.09. The number of anilines is 1. The third kappa shape index (κ3) is 3.04. The highest BCUT2D eigenvalue weighted by molar-refractivity contribution is 6.34. The number of rotatable bonds is 3. The van der Waals surface area contributed by atoms with Crippen molar-refractivity contribution in [1.82, 2.24) is 5.32 Å². The van der Waals surface area contributed by atoms with Gasteiger partial charge < -0.3 is 21.6 Å². The smallest absolute Gasteiger partial charge is 0.319 e. The standard InChI is InChI=1S/C11H13ClN4O2/c12-8-5-6(10(13)16-18)1-4-9(8)15-11(17)14-7-2-3-7/h1,4-5,7,18H,2-3H2,(H2,13,16)(H2,14,15,17). The molecule has 2 rings (SSSR count). The van der Waals surface area contributed by atoms with E-state index in [1.165, 1.54) is 6.07 Å². The molecule has 0 bridgehead atoms. The number of hydrogen-bond acceptors (Lipinski definition) is 3. The van der Waals surface area contributed by atoms with Crippen molar-refractivity contribution < 1.29 is 10.0 Å². The van der Waals surface area contributed by atoms with Crippen LogP contribution in [0.2, 0.25) is 5.02 Å². The Balaban J connectivity index is 2.06. The van der Waals surface area contributed by atoms with Crippen molar-refractivity contribution in [3.8, 4) is 0 Å². The van der Waals surface area contributed by atoms with E-state index in [4.69, 9.17) is 22.5 Å². The number of urea groups is 1. The van der Waals surface area contributed by atoms with Crippen LogP contribution in [-0.2, 0) is 0 Å².